The first-order chi connectivity index (χ1) is 12.0. The summed E-state index contributed by atoms with van der Waals surface area (Å²) in [6.45, 7) is 1.96. The number of benzene rings is 1. The predicted molar refractivity (Wildman–Crippen MR) is 90.7 cm³/mol. The van der Waals surface area contributed by atoms with E-state index < -0.39 is 21.0 Å². The first kappa shape index (κ1) is 16.2. The molecule has 0 spiro atoms. The summed E-state index contributed by atoms with van der Waals surface area (Å²) < 4.78 is 27.1. The molecule has 1 aromatic carbocycles. The molecular weight excluding hydrogens is 342 g/mol. The first-order valence-corrected chi connectivity index (χ1v) is 10.1. The largest absolute Gasteiger partial charge is 0.311 e. The molecule has 1 aliphatic carbocycles. The molecule has 4 rings (SSSR count). The number of carbonyl (C=O) groups is 1. The van der Waals surface area contributed by atoms with E-state index in [0.29, 0.717) is 12.4 Å². The van der Waals surface area contributed by atoms with Crippen LogP contribution in [0.25, 0.3) is 0 Å². The van der Waals surface area contributed by atoms with Crippen LogP contribution in [-0.2, 0) is 26.8 Å². The smallest absolute Gasteiger partial charge is 0.245 e. The normalized spacial score (nSPS) is 18.2. The van der Waals surface area contributed by atoms with E-state index in [2.05, 4.69) is 15.5 Å². The van der Waals surface area contributed by atoms with Gasteiger partial charge in [-0.05, 0) is 48.2 Å². The van der Waals surface area contributed by atoms with E-state index in [4.69, 9.17) is 0 Å². The van der Waals surface area contributed by atoms with Crippen molar-refractivity contribution in [3.8, 4) is 0 Å². The number of hydrogen-bond donors (Lipinski definition) is 0. The van der Waals surface area contributed by atoms with Crippen molar-refractivity contribution < 1.29 is 13.2 Å². The number of sulfone groups is 1. The minimum atomic E-state index is -3.71. The Morgan fingerprint density at radius 2 is 2.08 bits per heavy atom. The zero-order valence-corrected chi connectivity index (χ0v) is 14.7. The van der Waals surface area contributed by atoms with Crippen LogP contribution in [-0.4, -0.2) is 46.3 Å². The van der Waals surface area contributed by atoms with Crippen LogP contribution >= 0.6 is 0 Å². The number of anilines is 1. The van der Waals surface area contributed by atoms with Gasteiger partial charge < -0.3 is 4.90 Å². The number of para-hydroxylation sites is 1. The zero-order chi connectivity index (χ0) is 17.6. The van der Waals surface area contributed by atoms with E-state index in [-0.39, 0.29) is 11.8 Å². The van der Waals surface area contributed by atoms with Gasteiger partial charge in [-0.15, -0.1) is 5.10 Å². The average molecular weight is 361 g/mol. The van der Waals surface area contributed by atoms with Gasteiger partial charge in [0.25, 0.3) is 0 Å². The lowest BCUT2D eigenvalue weighted by molar-refractivity contribution is -0.117. The molecule has 1 atom stereocenters. The summed E-state index contributed by atoms with van der Waals surface area (Å²) in [6.07, 6.45) is 2.66. The number of rotatable bonds is 5. The van der Waals surface area contributed by atoms with E-state index >= 15 is 0 Å². The molecule has 1 aliphatic heterocycles. The second-order valence-corrected chi connectivity index (χ2v) is 8.91. The van der Waals surface area contributed by atoms with E-state index in [0.717, 1.165) is 30.5 Å². The molecule has 0 unspecified atom stereocenters. The molecule has 1 amide bonds. The van der Waals surface area contributed by atoms with Gasteiger partial charge in [0.1, 0.15) is 11.0 Å². The monoisotopic (exact) mass is 361 g/mol. The Bertz CT molecular complexity index is 919. The van der Waals surface area contributed by atoms with Crippen LogP contribution in [0.15, 0.2) is 24.3 Å². The maximum absolute atomic E-state index is 12.8. The van der Waals surface area contributed by atoms with Gasteiger partial charge in [-0.25, -0.2) is 13.1 Å². The number of carbonyl (C=O) groups excluding carboxylic acids is 1. The maximum Gasteiger partial charge on any atom is 0.245 e. The van der Waals surface area contributed by atoms with Gasteiger partial charge in [-0.3, -0.25) is 4.79 Å². The Kier molecular flexibility index (Phi) is 3.82. The van der Waals surface area contributed by atoms with Crippen molar-refractivity contribution in [1.82, 2.24) is 20.2 Å². The quantitative estimate of drug-likeness (QED) is 0.785. The molecule has 25 heavy (non-hydrogen) atoms. The van der Waals surface area contributed by atoms with Crippen LogP contribution in [0.1, 0.15) is 37.2 Å². The van der Waals surface area contributed by atoms with Gasteiger partial charge in [0.2, 0.25) is 5.91 Å². The maximum atomic E-state index is 12.8. The molecule has 8 nitrogen and oxygen atoms in total. The molecule has 9 heteroatoms. The Labute approximate surface area is 145 Å². The van der Waals surface area contributed by atoms with Crippen molar-refractivity contribution >= 4 is 21.4 Å². The van der Waals surface area contributed by atoms with E-state index in [9.17, 15) is 13.2 Å². The van der Waals surface area contributed by atoms with Gasteiger partial charge in [-0.1, -0.05) is 18.2 Å². The van der Waals surface area contributed by atoms with Crippen LogP contribution in [0.4, 0.5) is 5.69 Å². The van der Waals surface area contributed by atoms with Gasteiger partial charge >= 0.3 is 0 Å². The fraction of sp³-hybridized carbons (Fsp3) is 0.500. The van der Waals surface area contributed by atoms with Gasteiger partial charge in [0.05, 0.1) is 6.04 Å². The minimum absolute atomic E-state index is 0.191. The molecule has 0 saturated heterocycles. The molecule has 1 aromatic heterocycles. The summed E-state index contributed by atoms with van der Waals surface area (Å²) in [7, 11) is -3.71. The third-order valence-electron chi connectivity index (χ3n) is 4.82. The number of nitrogens with zero attached hydrogens (tertiary/aromatic N) is 5. The van der Waals surface area contributed by atoms with Crippen molar-refractivity contribution in [1.29, 1.82) is 0 Å². The number of fused-ring (bicyclic) bond motifs is 1. The van der Waals surface area contributed by atoms with Crippen LogP contribution in [0.2, 0.25) is 0 Å². The highest BCUT2D eigenvalue weighted by molar-refractivity contribution is 7.92. The summed E-state index contributed by atoms with van der Waals surface area (Å²) in [6, 6.07) is 7.79. The third-order valence-corrected chi connectivity index (χ3v) is 6.76. The number of hydrogen-bond acceptors (Lipinski definition) is 6. The molecule has 1 fully saturated rings. The molecular formula is C16H19N5O3S. The number of aromatic nitrogens is 4. The van der Waals surface area contributed by atoms with Crippen LogP contribution in [0.5, 0.6) is 0 Å². The molecule has 0 N–H and O–H groups in total. The number of tetrazole rings is 1. The lowest BCUT2D eigenvalue weighted by Gasteiger charge is -2.21. The second-order valence-electron chi connectivity index (χ2n) is 6.59. The zero-order valence-electron chi connectivity index (χ0n) is 13.9. The fourth-order valence-corrected chi connectivity index (χ4v) is 4.39. The topological polar surface area (TPSA) is 98.1 Å². The van der Waals surface area contributed by atoms with Crippen molar-refractivity contribution in [2.45, 2.75) is 43.2 Å². The first-order valence-electron chi connectivity index (χ1n) is 8.35. The van der Waals surface area contributed by atoms with Crippen molar-refractivity contribution in [2.75, 3.05) is 11.4 Å². The minimum Gasteiger partial charge on any atom is -0.311 e. The molecule has 2 heterocycles. The average Bonchev–Trinajstić information content (AvgIpc) is 3.19. The van der Waals surface area contributed by atoms with Gasteiger partial charge in [-0.2, -0.15) is 0 Å². The summed E-state index contributed by atoms with van der Waals surface area (Å²) in [5.74, 6) is -0.404. The SMILES string of the molecule is C[C@H](C(=O)N1CCc2ccccc21)S(=O)(=O)Cc1nnnn1C1CC1. The van der Waals surface area contributed by atoms with Crippen LogP contribution < -0.4 is 4.90 Å². The highest BCUT2D eigenvalue weighted by Gasteiger charge is 2.37. The van der Waals surface area contributed by atoms with Gasteiger partial charge in [0, 0.05) is 12.2 Å². The van der Waals surface area contributed by atoms with E-state index in [1.165, 1.54) is 6.92 Å². The Hall–Kier alpha value is -2.29. The van der Waals surface area contributed by atoms with Crippen LogP contribution in [0, 0.1) is 0 Å². The second kappa shape index (κ2) is 5.91. The standard InChI is InChI=1S/C16H19N5O3S/c1-11(16(22)20-9-8-12-4-2-3-5-14(12)20)25(23,24)10-15-17-18-19-21(15)13-6-7-13/h2-5,11,13H,6-10H2,1H3/t11-/m1/s1. The Morgan fingerprint density at radius 3 is 2.84 bits per heavy atom. The Morgan fingerprint density at radius 1 is 1.32 bits per heavy atom. The molecule has 1 saturated carbocycles. The number of amides is 1. The fourth-order valence-electron chi connectivity index (χ4n) is 3.16. The van der Waals surface area contributed by atoms with Crippen molar-refractivity contribution in [3.05, 3.63) is 35.7 Å². The van der Waals surface area contributed by atoms with Gasteiger partial charge in [0.15, 0.2) is 15.7 Å². The van der Waals surface area contributed by atoms with E-state index in [1.807, 2.05) is 24.3 Å². The molecule has 0 bridgehead atoms. The van der Waals surface area contributed by atoms with Crippen LogP contribution in [0.3, 0.4) is 0 Å². The lowest BCUT2D eigenvalue weighted by atomic mass is 10.2. The summed E-state index contributed by atoms with van der Waals surface area (Å²) in [5, 5.41) is 10.2. The van der Waals surface area contributed by atoms with E-state index in [1.54, 1.807) is 9.58 Å². The molecule has 2 aromatic rings. The molecule has 132 valence electrons. The summed E-state index contributed by atoms with van der Waals surface area (Å²) >= 11 is 0. The summed E-state index contributed by atoms with van der Waals surface area (Å²) in [5.41, 5.74) is 1.87. The molecule has 2 aliphatic rings. The Balaban J connectivity index is 1.54. The summed E-state index contributed by atoms with van der Waals surface area (Å²) in [4.78, 5) is 14.4. The highest BCUT2D eigenvalue weighted by atomic mass is 32.2. The van der Waals surface area contributed by atoms with Crippen molar-refractivity contribution in [2.24, 2.45) is 0 Å². The third kappa shape index (κ3) is 2.92. The predicted octanol–water partition coefficient (Wildman–Crippen LogP) is 0.901. The highest BCUT2D eigenvalue weighted by Crippen LogP contribution is 2.35. The lowest BCUT2D eigenvalue weighted by Crippen LogP contribution is -2.41. The van der Waals surface area contributed by atoms with Crippen molar-refractivity contribution in [3.63, 3.8) is 0 Å². The molecule has 0 radical (unpaired) electrons.